The maximum absolute atomic E-state index is 14.6. The third kappa shape index (κ3) is 5.28. The van der Waals surface area contributed by atoms with Gasteiger partial charge in [0.25, 0.3) is 0 Å². The molecule has 1 aliphatic carbocycles. The molecule has 0 spiro atoms. The fourth-order valence-electron chi connectivity index (χ4n) is 4.97. The number of rotatable bonds is 7. The van der Waals surface area contributed by atoms with Gasteiger partial charge in [0.1, 0.15) is 0 Å². The van der Waals surface area contributed by atoms with Gasteiger partial charge in [-0.15, -0.1) is 0 Å². The van der Waals surface area contributed by atoms with Crippen LogP contribution >= 0.6 is 0 Å². The monoisotopic (exact) mass is 432 g/mol. The lowest BCUT2D eigenvalue weighted by molar-refractivity contribution is 0.278. The molecule has 32 heavy (non-hydrogen) atoms. The topological polar surface area (TPSA) is 0 Å². The van der Waals surface area contributed by atoms with Crippen molar-refractivity contribution in [3.63, 3.8) is 0 Å². The molecule has 168 valence electrons. The van der Waals surface area contributed by atoms with Gasteiger partial charge in [-0.25, -0.2) is 8.78 Å². The number of halogens is 2. The third-order valence-corrected chi connectivity index (χ3v) is 7.14. The zero-order valence-electron chi connectivity index (χ0n) is 19.3. The molecule has 3 aromatic rings. The SMILES string of the molecule is CCCc1ccc(-c2ccc(-c3ccc(CCC4CCC(C)CC4)cc3)cc2)c(F)c1F. The van der Waals surface area contributed by atoms with Gasteiger partial charge in [0.15, 0.2) is 11.6 Å². The predicted molar refractivity (Wildman–Crippen MR) is 131 cm³/mol. The first-order chi connectivity index (χ1) is 15.5. The largest absolute Gasteiger partial charge is 0.203 e. The molecule has 0 N–H and O–H groups in total. The minimum atomic E-state index is -0.750. The molecule has 0 nitrogen and oxygen atoms in total. The second-order valence-corrected chi connectivity index (χ2v) is 9.59. The summed E-state index contributed by atoms with van der Waals surface area (Å²) in [5.74, 6) is 0.333. The van der Waals surface area contributed by atoms with Crippen LogP contribution in [0.2, 0.25) is 0 Å². The average molecular weight is 433 g/mol. The van der Waals surface area contributed by atoms with Gasteiger partial charge >= 0.3 is 0 Å². The zero-order valence-corrected chi connectivity index (χ0v) is 19.3. The van der Waals surface area contributed by atoms with Crippen LogP contribution in [0.4, 0.5) is 8.78 Å². The average Bonchev–Trinajstić information content (AvgIpc) is 2.82. The maximum atomic E-state index is 14.6. The van der Waals surface area contributed by atoms with Crippen LogP contribution < -0.4 is 0 Å². The summed E-state index contributed by atoms with van der Waals surface area (Å²) >= 11 is 0. The van der Waals surface area contributed by atoms with Crippen molar-refractivity contribution in [2.75, 3.05) is 0 Å². The van der Waals surface area contributed by atoms with Crippen LogP contribution in [0.5, 0.6) is 0 Å². The van der Waals surface area contributed by atoms with Crippen molar-refractivity contribution >= 4 is 0 Å². The first-order valence-electron chi connectivity index (χ1n) is 12.2. The van der Waals surface area contributed by atoms with E-state index in [1.165, 1.54) is 37.7 Å². The Kier molecular flexibility index (Phi) is 7.40. The highest BCUT2D eigenvalue weighted by Crippen LogP contribution is 2.32. The molecule has 0 atom stereocenters. The molecule has 0 unspecified atom stereocenters. The minimum Gasteiger partial charge on any atom is -0.203 e. The van der Waals surface area contributed by atoms with Gasteiger partial charge < -0.3 is 0 Å². The van der Waals surface area contributed by atoms with E-state index >= 15 is 0 Å². The number of hydrogen-bond donors (Lipinski definition) is 0. The highest BCUT2D eigenvalue weighted by atomic mass is 19.2. The van der Waals surface area contributed by atoms with Gasteiger partial charge in [-0.2, -0.15) is 0 Å². The lowest BCUT2D eigenvalue weighted by atomic mass is 9.80. The molecule has 0 saturated heterocycles. The maximum Gasteiger partial charge on any atom is 0.166 e. The molecular weight excluding hydrogens is 398 g/mol. The van der Waals surface area contributed by atoms with Crippen molar-refractivity contribution < 1.29 is 8.78 Å². The Bertz CT molecular complexity index is 1010. The zero-order chi connectivity index (χ0) is 22.5. The quantitative estimate of drug-likeness (QED) is 0.349. The molecule has 1 aliphatic rings. The van der Waals surface area contributed by atoms with E-state index in [9.17, 15) is 8.78 Å². The number of benzene rings is 3. The summed E-state index contributed by atoms with van der Waals surface area (Å²) in [6.45, 7) is 4.34. The van der Waals surface area contributed by atoms with E-state index in [2.05, 4.69) is 31.2 Å². The second kappa shape index (κ2) is 10.4. The summed E-state index contributed by atoms with van der Waals surface area (Å²) < 4.78 is 28.9. The molecule has 2 heteroatoms. The van der Waals surface area contributed by atoms with Crippen LogP contribution in [0.1, 0.15) is 63.5 Å². The summed E-state index contributed by atoms with van der Waals surface area (Å²) in [5.41, 5.74) is 5.10. The van der Waals surface area contributed by atoms with E-state index in [0.717, 1.165) is 35.8 Å². The van der Waals surface area contributed by atoms with Crippen molar-refractivity contribution in [1.82, 2.24) is 0 Å². The smallest absolute Gasteiger partial charge is 0.166 e. The summed E-state index contributed by atoms with van der Waals surface area (Å²) in [4.78, 5) is 0. The number of hydrogen-bond acceptors (Lipinski definition) is 0. The normalized spacial score (nSPS) is 18.6. The van der Waals surface area contributed by atoms with Gasteiger partial charge in [0.2, 0.25) is 0 Å². The van der Waals surface area contributed by atoms with Crippen LogP contribution in [0.3, 0.4) is 0 Å². The third-order valence-electron chi connectivity index (χ3n) is 7.14. The van der Waals surface area contributed by atoms with E-state index < -0.39 is 11.6 Å². The van der Waals surface area contributed by atoms with Crippen molar-refractivity contribution in [3.05, 3.63) is 83.4 Å². The van der Waals surface area contributed by atoms with Gasteiger partial charge in [0, 0.05) is 5.56 Å². The molecule has 0 amide bonds. The second-order valence-electron chi connectivity index (χ2n) is 9.59. The Hall–Kier alpha value is -2.48. The summed E-state index contributed by atoms with van der Waals surface area (Å²) in [6, 6.07) is 20.0. The minimum absolute atomic E-state index is 0.321. The van der Waals surface area contributed by atoms with Crippen LogP contribution in [0.15, 0.2) is 60.7 Å². The molecule has 0 heterocycles. The molecule has 4 rings (SSSR count). The van der Waals surface area contributed by atoms with E-state index in [4.69, 9.17) is 0 Å². The van der Waals surface area contributed by atoms with E-state index in [1.54, 1.807) is 12.1 Å². The van der Waals surface area contributed by atoms with Gasteiger partial charge in [0.05, 0.1) is 0 Å². The molecule has 0 aliphatic heterocycles. The van der Waals surface area contributed by atoms with Crippen molar-refractivity contribution in [3.8, 4) is 22.3 Å². The lowest BCUT2D eigenvalue weighted by Gasteiger charge is -2.26. The fourth-order valence-corrected chi connectivity index (χ4v) is 4.97. The molecule has 3 aromatic carbocycles. The summed E-state index contributed by atoms with van der Waals surface area (Å²) in [6.07, 6.45) is 9.34. The lowest BCUT2D eigenvalue weighted by Crippen LogP contribution is -2.12. The van der Waals surface area contributed by atoms with Crippen molar-refractivity contribution in [2.24, 2.45) is 11.8 Å². The predicted octanol–water partition coefficient (Wildman–Crippen LogP) is 9.01. The van der Waals surface area contributed by atoms with Crippen LogP contribution in [0, 0.1) is 23.5 Å². The standard InChI is InChI=1S/C30H34F2/c1-3-4-27-19-20-28(30(32)29(27)31)26-17-15-25(16-18-26)24-13-11-23(12-14-24)10-9-22-7-5-21(2)6-8-22/h11-22H,3-10H2,1-2H3. The molecule has 0 radical (unpaired) electrons. The Morgan fingerprint density at radius 1 is 0.688 bits per heavy atom. The highest BCUT2D eigenvalue weighted by Gasteiger charge is 2.18. The first kappa shape index (κ1) is 22.7. The molecule has 0 aromatic heterocycles. The van der Waals surface area contributed by atoms with Gasteiger partial charge in [-0.1, -0.05) is 107 Å². The molecule has 0 bridgehead atoms. The molecule has 1 saturated carbocycles. The van der Waals surface area contributed by atoms with E-state index in [-0.39, 0.29) is 0 Å². The summed E-state index contributed by atoms with van der Waals surface area (Å²) in [5, 5.41) is 0. The van der Waals surface area contributed by atoms with E-state index in [0.29, 0.717) is 23.1 Å². The van der Waals surface area contributed by atoms with Gasteiger partial charge in [-0.05, 0) is 58.9 Å². The summed E-state index contributed by atoms with van der Waals surface area (Å²) in [7, 11) is 0. The molecule has 1 fully saturated rings. The van der Waals surface area contributed by atoms with Crippen LogP contribution in [-0.4, -0.2) is 0 Å². The number of aryl methyl sites for hydroxylation is 2. The first-order valence-corrected chi connectivity index (χ1v) is 12.2. The Balaban J connectivity index is 1.41. The highest BCUT2D eigenvalue weighted by molar-refractivity contribution is 5.71. The fraction of sp³-hybridized carbons (Fsp3) is 0.400. The van der Waals surface area contributed by atoms with Crippen LogP contribution in [-0.2, 0) is 12.8 Å². The Labute approximate surface area is 191 Å². The Morgan fingerprint density at radius 3 is 1.91 bits per heavy atom. The van der Waals surface area contributed by atoms with Crippen LogP contribution in [0.25, 0.3) is 22.3 Å². The Morgan fingerprint density at radius 2 is 1.28 bits per heavy atom. The van der Waals surface area contributed by atoms with Gasteiger partial charge in [-0.3, -0.25) is 0 Å². The van der Waals surface area contributed by atoms with E-state index in [1.807, 2.05) is 31.2 Å². The van der Waals surface area contributed by atoms with Crippen molar-refractivity contribution in [1.29, 1.82) is 0 Å². The van der Waals surface area contributed by atoms with Crippen molar-refractivity contribution in [2.45, 2.75) is 65.2 Å². The molecular formula is C30H34F2.